The Hall–Kier alpha value is -1.37. The van der Waals surface area contributed by atoms with E-state index in [1.165, 1.54) is 32.1 Å². The zero-order chi connectivity index (χ0) is 19.0. The molecule has 0 radical (unpaired) electrons. The molecule has 0 bridgehead atoms. The van der Waals surface area contributed by atoms with E-state index >= 15 is 0 Å². The summed E-state index contributed by atoms with van der Waals surface area (Å²) in [6.07, 6.45) is 8.25. The van der Waals surface area contributed by atoms with Gasteiger partial charge in [0.1, 0.15) is 5.15 Å². The normalized spacial score (nSPS) is 21.0. The smallest absolute Gasteiger partial charge is 0.191 e. The third kappa shape index (κ3) is 5.80. The number of hydrogen-bond acceptors (Lipinski definition) is 4. The minimum Gasteiger partial charge on any atom is -0.379 e. The lowest BCUT2D eigenvalue weighted by molar-refractivity contribution is -0.0352. The summed E-state index contributed by atoms with van der Waals surface area (Å²) in [6.45, 7) is 8.22. The van der Waals surface area contributed by atoms with Gasteiger partial charge in [0.05, 0.1) is 19.8 Å². The fourth-order valence-electron chi connectivity index (χ4n) is 4.11. The van der Waals surface area contributed by atoms with E-state index in [4.69, 9.17) is 21.3 Å². The number of ether oxygens (including phenoxy) is 1. The third-order valence-electron chi connectivity index (χ3n) is 5.60. The first-order chi connectivity index (χ1) is 13.2. The first-order valence-corrected chi connectivity index (χ1v) is 10.5. The van der Waals surface area contributed by atoms with Crippen LogP contribution in [0.15, 0.2) is 23.3 Å². The van der Waals surface area contributed by atoms with Gasteiger partial charge in [-0.25, -0.2) is 9.98 Å². The number of nitrogens with zero attached hydrogens (tertiary/aromatic N) is 3. The maximum absolute atomic E-state index is 5.86. The Morgan fingerprint density at radius 2 is 2.00 bits per heavy atom. The molecule has 0 spiro atoms. The fourth-order valence-corrected chi connectivity index (χ4v) is 4.22. The zero-order valence-electron chi connectivity index (χ0n) is 16.3. The van der Waals surface area contributed by atoms with E-state index in [0.29, 0.717) is 11.7 Å². The highest BCUT2D eigenvalue weighted by Gasteiger charge is 2.38. The summed E-state index contributed by atoms with van der Waals surface area (Å²) >= 11 is 5.86. The first kappa shape index (κ1) is 20.4. The lowest BCUT2D eigenvalue weighted by Crippen LogP contribution is -2.60. The second-order valence-electron chi connectivity index (χ2n) is 7.42. The molecule has 2 aliphatic rings. The number of hydrogen-bond donors (Lipinski definition) is 2. The van der Waals surface area contributed by atoms with E-state index in [1.54, 1.807) is 6.20 Å². The molecule has 150 valence electrons. The predicted octanol–water partition coefficient (Wildman–Crippen LogP) is 2.83. The highest BCUT2D eigenvalue weighted by Crippen LogP contribution is 2.33. The molecule has 0 aromatic carbocycles. The highest BCUT2D eigenvalue weighted by atomic mass is 35.5. The number of halogens is 1. The van der Waals surface area contributed by atoms with Crippen molar-refractivity contribution in [1.82, 2.24) is 20.5 Å². The Morgan fingerprint density at radius 3 is 2.67 bits per heavy atom. The molecule has 7 heteroatoms. The number of nitrogens with one attached hydrogen (secondary N) is 2. The lowest BCUT2D eigenvalue weighted by atomic mass is 9.80. The van der Waals surface area contributed by atoms with Crippen LogP contribution in [0, 0.1) is 0 Å². The van der Waals surface area contributed by atoms with Crippen molar-refractivity contribution in [3.05, 3.63) is 29.0 Å². The number of rotatable bonds is 6. The maximum atomic E-state index is 5.86. The van der Waals surface area contributed by atoms with Crippen LogP contribution < -0.4 is 10.6 Å². The monoisotopic (exact) mass is 393 g/mol. The van der Waals surface area contributed by atoms with Gasteiger partial charge in [-0.15, -0.1) is 0 Å². The van der Waals surface area contributed by atoms with E-state index in [9.17, 15) is 0 Å². The molecule has 3 rings (SSSR count). The summed E-state index contributed by atoms with van der Waals surface area (Å²) in [7, 11) is 0. The summed E-state index contributed by atoms with van der Waals surface area (Å²) in [5, 5.41) is 7.50. The molecule has 6 nitrogen and oxygen atoms in total. The first-order valence-electron chi connectivity index (χ1n) is 10.2. The summed E-state index contributed by atoms with van der Waals surface area (Å²) in [5.41, 5.74) is 1.28. The highest BCUT2D eigenvalue weighted by molar-refractivity contribution is 6.29. The van der Waals surface area contributed by atoms with Gasteiger partial charge in [0.15, 0.2) is 5.96 Å². The van der Waals surface area contributed by atoms with E-state index < -0.39 is 0 Å². The van der Waals surface area contributed by atoms with E-state index in [-0.39, 0.29) is 5.54 Å². The van der Waals surface area contributed by atoms with Gasteiger partial charge in [-0.05, 0) is 31.4 Å². The van der Waals surface area contributed by atoms with Crippen molar-refractivity contribution in [2.45, 2.75) is 51.1 Å². The van der Waals surface area contributed by atoms with E-state index in [0.717, 1.165) is 50.9 Å². The standard InChI is InChI=1S/C20H32ClN5O/c1-2-22-19(24-15-17-6-7-18(21)23-14-17)25-16-20(8-4-3-5-9-20)26-10-12-27-13-11-26/h6-7,14H,2-5,8-13,15-16H2,1H3,(H2,22,24,25). The van der Waals surface area contributed by atoms with Crippen molar-refractivity contribution >= 4 is 17.6 Å². The summed E-state index contributed by atoms with van der Waals surface area (Å²) < 4.78 is 5.58. The van der Waals surface area contributed by atoms with Gasteiger partial charge < -0.3 is 15.4 Å². The van der Waals surface area contributed by atoms with Crippen molar-refractivity contribution in [2.24, 2.45) is 4.99 Å². The van der Waals surface area contributed by atoms with Crippen LogP contribution in [0.5, 0.6) is 0 Å². The van der Waals surface area contributed by atoms with Crippen molar-refractivity contribution in [3.63, 3.8) is 0 Å². The second kappa shape index (κ2) is 10.2. The number of aliphatic imine (C=N–C) groups is 1. The van der Waals surface area contributed by atoms with Crippen LogP contribution in [0.25, 0.3) is 0 Å². The largest absolute Gasteiger partial charge is 0.379 e. The summed E-state index contributed by atoms with van der Waals surface area (Å²) in [4.78, 5) is 11.5. The van der Waals surface area contributed by atoms with Crippen LogP contribution in [0.4, 0.5) is 0 Å². The average molecular weight is 394 g/mol. The average Bonchev–Trinajstić information content (AvgIpc) is 2.72. The van der Waals surface area contributed by atoms with Crippen LogP contribution in [0.3, 0.4) is 0 Å². The molecule has 2 N–H and O–H groups in total. The number of pyridine rings is 1. The second-order valence-corrected chi connectivity index (χ2v) is 7.81. The van der Waals surface area contributed by atoms with Crippen LogP contribution in [0.1, 0.15) is 44.6 Å². The third-order valence-corrected chi connectivity index (χ3v) is 5.83. The molecular weight excluding hydrogens is 362 g/mol. The molecule has 1 saturated heterocycles. The molecule has 27 heavy (non-hydrogen) atoms. The Balaban J connectivity index is 1.64. The Kier molecular flexibility index (Phi) is 7.73. The van der Waals surface area contributed by atoms with Crippen LogP contribution in [-0.4, -0.2) is 60.8 Å². The van der Waals surface area contributed by atoms with Crippen molar-refractivity contribution < 1.29 is 4.74 Å². The predicted molar refractivity (Wildman–Crippen MR) is 110 cm³/mol. The maximum Gasteiger partial charge on any atom is 0.191 e. The van der Waals surface area contributed by atoms with E-state index in [1.807, 2.05) is 12.1 Å². The quantitative estimate of drug-likeness (QED) is 0.442. The van der Waals surface area contributed by atoms with Crippen molar-refractivity contribution in [3.8, 4) is 0 Å². The Morgan fingerprint density at radius 1 is 1.22 bits per heavy atom. The molecular formula is C20H32ClN5O. The van der Waals surface area contributed by atoms with Crippen LogP contribution in [-0.2, 0) is 11.3 Å². The molecule has 1 aromatic rings. The Labute approximate surface area is 167 Å². The van der Waals surface area contributed by atoms with Crippen molar-refractivity contribution in [2.75, 3.05) is 39.4 Å². The minimum absolute atomic E-state index is 0.222. The molecule has 1 saturated carbocycles. The summed E-state index contributed by atoms with van der Waals surface area (Å²) in [5.74, 6) is 0.866. The minimum atomic E-state index is 0.222. The SMILES string of the molecule is CCNC(=NCc1ccc(Cl)nc1)NCC1(N2CCOCC2)CCCCC1. The molecule has 2 fully saturated rings. The van der Waals surface area contributed by atoms with Gasteiger partial charge in [-0.3, -0.25) is 4.90 Å². The van der Waals surface area contributed by atoms with Crippen LogP contribution >= 0.6 is 11.6 Å². The molecule has 0 amide bonds. The lowest BCUT2D eigenvalue weighted by Gasteiger charge is -2.48. The topological polar surface area (TPSA) is 61.8 Å². The summed E-state index contributed by atoms with van der Waals surface area (Å²) in [6, 6.07) is 3.78. The Bertz CT molecular complexity index is 595. The number of guanidine groups is 1. The van der Waals surface area contributed by atoms with Crippen LogP contribution in [0.2, 0.25) is 5.15 Å². The van der Waals surface area contributed by atoms with Gasteiger partial charge in [-0.1, -0.05) is 36.9 Å². The molecule has 2 heterocycles. The van der Waals surface area contributed by atoms with Gasteiger partial charge in [0.2, 0.25) is 0 Å². The molecule has 0 unspecified atom stereocenters. The number of morpholine rings is 1. The van der Waals surface area contributed by atoms with Gasteiger partial charge in [0.25, 0.3) is 0 Å². The molecule has 1 aliphatic carbocycles. The molecule has 1 aliphatic heterocycles. The van der Waals surface area contributed by atoms with Gasteiger partial charge in [-0.2, -0.15) is 0 Å². The van der Waals surface area contributed by atoms with E-state index in [2.05, 4.69) is 27.4 Å². The van der Waals surface area contributed by atoms with Crippen molar-refractivity contribution in [1.29, 1.82) is 0 Å². The zero-order valence-corrected chi connectivity index (χ0v) is 17.1. The number of aromatic nitrogens is 1. The fraction of sp³-hybridized carbons (Fsp3) is 0.700. The van der Waals surface area contributed by atoms with Gasteiger partial charge in [0, 0.05) is 37.9 Å². The molecule has 0 atom stereocenters. The molecule has 1 aromatic heterocycles. The van der Waals surface area contributed by atoms with Gasteiger partial charge >= 0.3 is 0 Å².